The van der Waals surface area contributed by atoms with Gasteiger partial charge >= 0.3 is 0 Å². The maximum Gasteiger partial charge on any atom is 0.227 e. The summed E-state index contributed by atoms with van der Waals surface area (Å²) < 4.78 is 5.46. The number of hydrogen-bond acceptors (Lipinski definition) is 3. The van der Waals surface area contributed by atoms with Gasteiger partial charge in [-0.05, 0) is 48.8 Å². The molecule has 4 heteroatoms. The van der Waals surface area contributed by atoms with Crippen LogP contribution in [0, 0.1) is 11.8 Å². The standard InChI is InChI=1S/C20H24N2O2/c23-20(12-15-11-17-3-1-2-4-19(17)21-13-15)22-8-5-18(14-22)16-6-9-24-10-7-16/h1-4,11,13,16,18H,5-10,12,14H2/t18-/m1/s1. The van der Waals surface area contributed by atoms with Gasteiger partial charge in [-0.15, -0.1) is 0 Å². The number of nitrogens with zero attached hydrogens (tertiary/aromatic N) is 2. The molecule has 2 fully saturated rings. The lowest BCUT2D eigenvalue weighted by molar-refractivity contribution is -0.129. The highest BCUT2D eigenvalue weighted by Crippen LogP contribution is 2.31. The summed E-state index contributed by atoms with van der Waals surface area (Å²) in [7, 11) is 0. The van der Waals surface area contributed by atoms with Crippen LogP contribution in [0.15, 0.2) is 36.5 Å². The average Bonchev–Trinajstić information content (AvgIpc) is 3.13. The van der Waals surface area contributed by atoms with Crippen LogP contribution in [0.4, 0.5) is 0 Å². The molecule has 2 saturated heterocycles. The molecule has 3 heterocycles. The van der Waals surface area contributed by atoms with Crippen molar-refractivity contribution in [1.29, 1.82) is 0 Å². The van der Waals surface area contributed by atoms with Crippen molar-refractivity contribution in [3.8, 4) is 0 Å². The number of carbonyl (C=O) groups excluding carboxylic acids is 1. The molecule has 2 aliphatic rings. The Hall–Kier alpha value is -1.94. The van der Waals surface area contributed by atoms with E-state index in [-0.39, 0.29) is 5.91 Å². The Morgan fingerprint density at radius 3 is 2.88 bits per heavy atom. The van der Waals surface area contributed by atoms with Crippen molar-refractivity contribution in [1.82, 2.24) is 9.88 Å². The molecule has 0 aliphatic carbocycles. The molecule has 0 radical (unpaired) electrons. The highest BCUT2D eigenvalue weighted by atomic mass is 16.5. The molecule has 4 rings (SSSR count). The molecule has 0 spiro atoms. The van der Waals surface area contributed by atoms with Gasteiger partial charge in [0.2, 0.25) is 5.91 Å². The first-order valence-corrected chi connectivity index (χ1v) is 8.99. The van der Waals surface area contributed by atoms with Gasteiger partial charge in [0.25, 0.3) is 0 Å². The third-order valence-electron chi connectivity index (χ3n) is 5.51. The number of amides is 1. The summed E-state index contributed by atoms with van der Waals surface area (Å²) in [5.74, 6) is 1.63. The van der Waals surface area contributed by atoms with Gasteiger partial charge in [-0.3, -0.25) is 9.78 Å². The van der Waals surface area contributed by atoms with Gasteiger partial charge in [-0.2, -0.15) is 0 Å². The Morgan fingerprint density at radius 1 is 1.17 bits per heavy atom. The third-order valence-corrected chi connectivity index (χ3v) is 5.51. The summed E-state index contributed by atoms with van der Waals surface area (Å²) in [6, 6.07) is 10.1. The first-order chi connectivity index (χ1) is 11.8. The normalized spacial score (nSPS) is 22.2. The van der Waals surface area contributed by atoms with Crippen LogP contribution in [0.2, 0.25) is 0 Å². The first kappa shape index (κ1) is 15.6. The van der Waals surface area contributed by atoms with Crippen LogP contribution in [0.1, 0.15) is 24.8 Å². The lowest BCUT2D eigenvalue weighted by Gasteiger charge is -2.27. The van der Waals surface area contributed by atoms with Crippen LogP contribution in [-0.2, 0) is 16.0 Å². The molecule has 1 aromatic carbocycles. The fourth-order valence-corrected chi connectivity index (χ4v) is 4.09. The lowest BCUT2D eigenvalue weighted by atomic mass is 9.85. The summed E-state index contributed by atoms with van der Waals surface area (Å²) in [5, 5.41) is 1.10. The lowest BCUT2D eigenvalue weighted by Crippen LogP contribution is -2.32. The molecule has 0 bridgehead atoms. The number of ether oxygens (including phenoxy) is 1. The van der Waals surface area contributed by atoms with Crippen molar-refractivity contribution in [2.75, 3.05) is 26.3 Å². The highest BCUT2D eigenvalue weighted by molar-refractivity contribution is 5.82. The summed E-state index contributed by atoms with van der Waals surface area (Å²) in [6.07, 6.45) is 5.75. The molecule has 1 atom stereocenters. The zero-order chi connectivity index (χ0) is 16.4. The molecule has 0 N–H and O–H groups in total. The van der Waals surface area contributed by atoms with E-state index in [4.69, 9.17) is 4.74 Å². The van der Waals surface area contributed by atoms with E-state index >= 15 is 0 Å². The molecule has 1 aromatic heterocycles. The number of likely N-dealkylation sites (tertiary alicyclic amines) is 1. The van der Waals surface area contributed by atoms with Crippen LogP contribution in [0.25, 0.3) is 10.9 Å². The van der Waals surface area contributed by atoms with Gasteiger partial charge in [0.05, 0.1) is 11.9 Å². The van der Waals surface area contributed by atoms with Gasteiger partial charge in [0, 0.05) is 37.9 Å². The van der Waals surface area contributed by atoms with Crippen molar-refractivity contribution < 1.29 is 9.53 Å². The maximum atomic E-state index is 12.7. The van der Waals surface area contributed by atoms with E-state index in [1.54, 1.807) is 0 Å². The first-order valence-electron chi connectivity index (χ1n) is 8.99. The summed E-state index contributed by atoms with van der Waals surface area (Å²) in [4.78, 5) is 19.2. The van der Waals surface area contributed by atoms with E-state index in [0.717, 1.165) is 68.0 Å². The summed E-state index contributed by atoms with van der Waals surface area (Å²) >= 11 is 0. The molecule has 2 aliphatic heterocycles. The van der Waals surface area contributed by atoms with Crippen LogP contribution >= 0.6 is 0 Å². The van der Waals surface area contributed by atoms with Gasteiger partial charge in [-0.25, -0.2) is 0 Å². The van der Waals surface area contributed by atoms with Crippen LogP contribution in [0.5, 0.6) is 0 Å². The molecule has 24 heavy (non-hydrogen) atoms. The molecule has 2 aromatic rings. The number of carbonyl (C=O) groups is 1. The zero-order valence-electron chi connectivity index (χ0n) is 14.0. The molecular formula is C20H24N2O2. The number of para-hydroxylation sites is 1. The molecule has 126 valence electrons. The van der Waals surface area contributed by atoms with E-state index in [9.17, 15) is 4.79 Å². The second-order valence-electron chi connectivity index (χ2n) is 7.05. The van der Waals surface area contributed by atoms with E-state index in [0.29, 0.717) is 12.3 Å². The zero-order valence-corrected chi connectivity index (χ0v) is 14.0. The smallest absolute Gasteiger partial charge is 0.227 e. The molecular weight excluding hydrogens is 300 g/mol. The number of benzene rings is 1. The molecule has 0 saturated carbocycles. The molecule has 4 nitrogen and oxygen atoms in total. The van der Waals surface area contributed by atoms with Gasteiger partial charge in [0.15, 0.2) is 0 Å². The minimum absolute atomic E-state index is 0.238. The van der Waals surface area contributed by atoms with Gasteiger partial charge in [-0.1, -0.05) is 18.2 Å². The molecule has 0 unspecified atom stereocenters. The Bertz CT molecular complexity index is 724. The second-order valence-corrected chi connectivity index (χ2v) is 7.05. The van der Waals surface area contributed by atoms with Crippen LogP contribution < -0.4 is 0 Å². The summed E-state index contributed by atoms with van der Waals surface area (Å²) in [5.41, 5.74) is 1.99. The highest BCUT2D eigenvalue weighted by Gasteiger charge is 2.32. The van der Waals surface area contributed by atoms with Crippen molar-refractivity contribution in [3.05, 3.63) is 42.1 Å². The third kappa shape index (κ3) is 3.29. The predicted molar refractivity (Wildman–Crippen MR) is 93.7 cm³/mol. The largest absolute Gasteiger partial charge is 0.381 e. The number of rotatable bonds is 3. The number of fused-ring (bicyclic) bond motifs is 1. The summed E-state index contributed by atoms with van der Waals surface area (Å²) in [6.45, 7) is 3.60. The van der Waals surface area contributed by atoms with E-state index in [1.165, 1.54) is 0 Å². The minimum atomic E-state index is 0.238. The van der Waals surface area contributed by atoms with Crippen molar-refractivity contribution in [2.45, 2.75) is 25.7 Å². The van der Waals surface area contributed by atoms with Crippen molar-refractivity contribution >= 4 is 16.8 Å². The Labute approximate surface area is 142 Å². The quantitative estimate of drug-likeness (QED) is 0.871. The minimum Gasteiger partial charge on any atom is -0.381 e. The van der Waals surface area contributed by atoms with Crippen molar-refractivity contribution in [3.63, 3.8) is 0 Å². The fourth-order valence-electron chi connectivity index (χ4n) is 4.09. The van der Waals surface area contributed by atoms with E-state index in [2.05, 4.69) is 16.0 Å². The maximum absolute atomic E-state index is 12.7. The van der Waals surface area contributed by atoms with Crippen LogP contribution in [-0.4, -0.2) is 42.1 Å². The SMILES string of the molecule is O=C(Cc1cnc2ccccc2c1)N1CC[C@@H](C2CCOCC2)C1. The monoisotopic (exact) mass is 324 g/mol. The Morgan fingerprint density at radius 2 is 2.00 bits per heavy atom. The number of hydrogen-bond donors (Lipinski definition) is 0. The van der Waals surface area contributed by atoms with Gasteiger partial charge in [0.1, 0.15) is 0 Å². The fraction of sp³-hybridized carbons (Fsp3) is 0.500. The number of aromatic nitrogens is 1. The average molecular weight is 324 g/mol. The predicted octanol–water partition coefficient (Wildman–Crippen LogP) is 3.05. The second kappa shape index (κ2) is 6.89. The Kier molecular flexibility index (Phi) is 4.48. The van der Waals surface area contributed by atoms with E-state index in [1.807, 2.05) is 30.5 Å². The number of pyridine rings is 1. The van der Waals surface area contributed by atoms with Crippen molar-refractivity contribution in [2.24, 2.45) is 11.8 Å². The molecule has 1 amide bonds. The van der Waals surface area contributed by atoms with Crippen LogP contribution in [0.3, 0.4) is 0 Å². The topological polar surface area (TPSA) is 42.4 Å². The van der Waals surface area contributed by atoms with E-state index < -0.39 is 0 Å². The Balaban J connectivity index is 1.38. The van der Waals surface area contributed by atoms with Gasteiger partial charge < -0.3 is 9.64 Å².